The zero-order chi connectivity index (χ0) is 11.6. The van der Waals surface area contributed by atoms with E-state index in [-0.39, 0.29) is 10.8 Å². The van der Waals surface area contributed by atoms with Gasteiger partial charge in [-0.2, -0.15) is 0 Å². The van der Waals surface area contributed by atoms with Gasteiger partial charge in [-0.05, 0) is 50.9 Å². The minimum atomic E-state index is -0.182. The summed E-state index contributed by atoms with van der Waals surface area (Å²) in [7, 11) is 0. The molecule has 0 bridgehead atoms. The molecule has 0 aromatic heterocycles. The molecule has 3 aliphatic carbocycles. The highest BCUT2D eigenvalue weighted by molar-refractivity contribution is 5.68. The lowest BCUT2D eigenvalue weighted by Gasteiger charge is -2.45. The first-order chi connectivity index (χ1) is 7.52. The van der Waals surface area contributed by atoms with E-state index in [1.807, 2.05) is 0 Å². The van der Waals surface area contributed by atoms with Crippen molar-refractivity contribution in [1.82, 2.24) is 0 Å². The molecule has 0 heterocycles. The van der Waals surface area contributed by atoms with Crippen molar-refractivity contribution in [1.29, 1.82) is 0 Å². The van der Waals surface area contributed by atoms with Crippen molar-refractivity contribution in [3.8, 4) is 0 Å². The first-order valence-electron chi connectivity index (χ1n) is 6.69. The molecule has 16 heavy (non-hydrogen) atoms. The highest BCUT2D eigenvalue weighted by Gasteiger charge is 2.70. The SMILES string of the molecule is CC1=C[C@](C)(C=O)[C@@]23CCC[C@@]12[C@H](C)CC3. The van der Waals surface area contributed by atoms with E-state index in [9.17, 15) is 4.79 Å². The zero-order valence-corrected chi connectivity index (χ0v) is 10.7. The molecular weight excluding hydrogens is 196 g/mol. The Morgan fingerprint density at radius 1 is 1.38 bits per heavy atom. The van der Waals surface area contributed by atoms with Gasteiger partial charge in [0.15, 0.2) is 0 Å². The Labute approximate surface area is 98.3 Å². The summed E-state index contributed by atoms with van der Waals surface area (Å²) < 4.78 is 0. The summed E-state index contributed by atoms with van der Waals surface area (Å²) in [6, 6.07) is 0. The van der Waals surface area contributed by atoms with Crippen LogP contribution >= 0.6 is 0 Å². The quantitative estimate of drug-likeness (QED) is 0.484. The van der Waals surface area contributed by atoms with Gasteiger partial charge in [-0.15, -0.1) is 0 Å². The number of rotatable bonds is 1. The summed E-state index contributed by atoms with van der Waals surface area (Å²) >= 11 is 0. The Bertz CT molecular complexity index is 383. The molecule has 0 aromatic carbocycles. The third-order valence-corrected chi connectivity index (χ3v) is 6.37. The van der Waals surface area contributed by atoms with Crippen LogP contribution in [0, 0.1) is 22.2 Å². The van der Waals surface area contributed by atoms with Crippen molar-refractivity contribution in [3.63, 3.8) is 0 Å². The predicted octanol–water partition coefficient (Wildman–Crippen LogP) is 3.74. The summed E-state index contributed by atoms with van der Waals surface area (Å²) in [5.41, 5.74) is 2.00. The third kappa shape index (κ3) is 0.781. The van der Waals surface area contributed by atoms with Crippen LogP contribution in [0.4, 0.5) is 0 Å². The highest BCUT2D eigenvalue weighted by Crippen LogP contribution is 2.77. The monoisotopic (exact) mass is 218 g/mol. The van der Waals surface area contributed by atoms with E-state index in [4.69, 9.17) is 0 Å². The van der Waals surface area contributed by atoms with Gasteiger partial charge in [0, 0.05) is 10.8 Å². The van der Waals surface area contributed by atoms with Crippen molar-refractivity contribution in [2.24, 2.45) is 22.2 Å². The minimum absolute atomic E-state index is 0.182. The van der Waals surface area contributed by atoms with Gasteiger partial charge in [0.25, 0.3) is 0 Å². The lowest BCUT2D eigenvalue weighted by Crippen LogP contribution is -2.43. The Morgan fingerprint density at radius 2 is 2.12 bits per heavy atom. The van der Waals surface area contributed by atoms with E-state index in [1.165, 1.54) is 44.0 Å². The van der Waals surface area contributed by atoms with Crippen molar-refractivity contribution < 1.29 is 4.79 Å². The van der Waals surface area contributed by atoms with Gasteiger partial charge < -0.3 is 4.79 Å². The Balaban J connectivity index is 2.24. The molecule has 0 aromatic rings. The lowest BCUT2D eigenvalue weighted by molar-refractivity contribution is -0.120. The Kier molecular flexibility index (Phi) is 1.85. The van der Waals surface area contributed by atoms with Gasteiger partial charge >= 0.3 is 0 Å². The van der Waals surface area contributed by atoms with Crippen LogP contribution in [0.2, 0.25) is 0 Å². The second kappa shape index (κ2) is 2.80. The zero-order valence-electron chi connectivity index (χ0n) is 10.7. The van der Waals surface area contributed by atoms with Crippen LogP contribution in [0.25, 0.3) is 0 Å². The first-order valence-corrected chi connectivity index (χ1v) is 6.69. The minimum Gasteiger partial charge on any atom is -0.302 e. The average molecular weight is 218 g/mol. The lowest BCUT2D eigenvalue weighted by atomic mass is 9.57. The number of allylic oxidation sites excluding steroid dienone is 2. The molecule has 0 spiro atoms. The van der Waals surface area contributed by atoms with Crippen LogP contribution in [0.3, 0.4) is 0 Å². The molecular formula is C15H22O. The van der Waals surface area contributed by atoms with Gasteiger partial charge in [0.2, 0.25) is 0 Å². The second-order valence-electron chi connectivity index (χ2n) is 6.57. The largest absolute Gasteiger partial charge is 0.302 e. The summed E-state index contributed by atoms with van der Waals surface area (Å²) in [5, 5.41) is 0. The maximum absolute atomic E-state index is 11.6. The Morgan fingerprint density at radius 3 is 2.81 bits per heavy atom. The van der Waals surface area contributed by atoms with Gasteiger partial charge in [-0.3, -0.25) is 0 Å². The molecule has 0 radical (unpaired) electrons. The molecule has 2 saturated carbocycles. The fourth-order valence-corrected chi connectivity index (χ4v) is 5.75. The molecule has 1 heteroatoms. The molecule has 0 aliphatic heterocycles. The Hall–Kier alpha value is -0.590. The van der Waals surface area contributed by atoms with Crippen LogP contribution in [-0.2, 0) is 4.79 Å². The molecule has 0 unspecified atom stereocenters. The molecule has 0 N–H and O–H groups in total. The topological polar surface area (TPSA) is 17.1 Å². The smallest absolute Gasteiger partial charge is 0.130 e. The molecule has 4 atom stereocenters. The summed E-state index contributed by atoms with van der Waals surface area (Å²) in [6.07, 6.45) is 10.0. The van der Waals surface area contributed by atoms with Crippen molar-refractivity contribution in [2.75, 3.05) is 0 Å². The second-order valence-corrected chi connectivity index (χ2v) is 6.57. The molecule has 88 valence electrons. The van der Waals surface area contributed by atoms with E-state index < -0.39 is 0 Å². The van der Waals surface area contributed by atoms with Gasteiger partial charge in [-0.1, -0.05) is 25.0 Å². The van der Waals surface area contributed by atoms with Gasteiger partial charge in [0.1, 0.15) is 6.29 Å². The van der Waals surface area contributed by atoms with Crippen LogP contribution in [0.15, 0.2) is 11.6 Å². The van der Waals surface area contributed by atoms with Gasteiger partial charge in [-0.25, -0.2) is 0 Å². The summed E-state index contributed by atoms with van der Waals surface area (Å²) in [5.74, 6) is 0.771. The van der Waals surface area contributed by atoms with Crippen LogP contribution in [-0.4, -0.2) is 6.29 Å². The van der Waals surface area contributed by atoms with Crippen LogP contribution in [0.5, 0.6) is 0 Å². The maximum Gasteiger partial charge on any atom is 0.130 e. The molecule has 1 nitrogen and oxygen atoms in total. The number of carbonyl (C=O) groups is 1. The third-order valence-electron chi connectivity index (χ3n) is 6.37. The van der Waals surface area contributed by atoms with E-state index in [0.29, 0.717) is 5.41 Å². The first kappa shape index (κ1) is 10.6. The molecule has 3 rings (SSSR count). The number of hydrogen-bond acceptors (Lipinski definition) is 1. The van der Waals surface area contributed by atoms with E-state index in [0.717, 1.165) is 5.92 Å². The fraction of sp³-hybridized carbons (Fsp3) is 0.800. The highest BCUT2D eigenvalue weighted by atomic mass is 16.1. The van der Waals surface area contributed by atoms with E-state index in [1.54, 1.807) is 0 Å². The van der Waals surface area contributed by atoms with E-state index in [2.05, 4.69) is 26.8 Å². The van der Waals surface area contributed by atoms with E-state index >= 15 is 0 Å². The molecule has 0 amide bonds. The molecule has 0 saturated heterocycles. The van der Waals surface area contributed by atoms with Crippen LogP contribution in [0.1, 0.15) is 52.9 Å². The average Bonchev–Trinajstić information content (AvgIpc) is 2.81. The number of aldehydes is 1. The molecule has 3 aliphatic rings. The van der Waals surface area contributed by atoms with Crippen LogP contribution < -0.4 is 0 Å². The van der Waals surface area contributed by atoms with Gasteiger partial charge in [0.05, 0.1) is 0 Å². The normalized spacial score (nSPS) is 54.7. The molecule has 2 fully saturated rings. The fourth-order valence-electron chi connectivity index (χ4n) is 5.75. The number of hydrogen-bond donors (Lipinski definition) is 0. The number of carbonyl (C=O) groups excluding carboxylic acids is 1. The summed E-state index contributed by atoms with van der Waals surface area (Å²) in [4.78, 5) is 11.6. The van der Waals surface area contributed by atoms with Crippen molar-refractivity contribution in [2.45, 2.75) is 52.9 Å². The predicted molar refractivity (Wildman–Crippen MR) is 65.0 cm³/mol. The maximum atomic E-state index is 11.6. The standard InChI is InChI=1S/C15H22O/c1-11-5-8-14-6-4-7-15(11,14)12(2)9-13(14,3)10-16/h9-11H,4-8H2,1-3H3/t11-,13-,14+,15-/m1/s1. The summed E-state index contributed by atoms with van der Waals surface area (Å²) in [6.45, 7) is 6.85. The van der Waals surface area contributed by atoms with Crippen molar-refractivity contribution in [3.05, 3.63) is 11.6 Å². The van der Waals surface area contributed by atoms with Crippen molar-refractivity contribution >= 4 is 6.29 Å².